The lowest BCUT2D eigenvalue weighted by Crippen LogP contribution is -2.42. The number of carboxylic acids is 1. The number of carbonyl (C=O) groups is 2. The van der Waals surface area contributed by atoms with Crippen LogP contribution in [0.15, 0.2) is 30.3 Å². The van der Waals surface area contributed by atoms with Crippen LogP contribution in [0.2, 0.25) is 0 Å². The van der Waals surface area contributed by atoms with Gasteiger partial charge in [0.15, 0.2) is 0 Å². The summed E-state index contributed by atoms with van der Waals surface area (Å²) in [5.41, 5.74) is 0.808. The molecule has 20 heavy (non-hydrogen) atoms. The zero-order valence-corrected chi connectivity index (χ0v) is 10.6. The fourth-order valence-electron chi connectivity index (χ4n) is 1.67. The fraction of sp³-hybridized carbons (Fsp3) is 0.385. The monoisotopic (exact) mass is 289 g/mol. The molecule has 0 aliphatic heterocycles. The lowest BCUT2D eigenvalue weighted by molar-refractivity contribution is -0.165. The summed E-state index contributed by atoms with van der Waals surface area (Å²) in [6.45, 7) is -2.50. The normalized spacial score (nSPS) is 11.2. The SMILES string of the molecule is O=C(O)CN(CC(F)(F)F)C(=O)CCc1ccccc1. The molecule has 4 nitrogen and oxygen atoms in total. The summed E-state index contributed by atoms with van der Waals surface area (Å²) < 4.78 is 36.9. The van der Waals surface area contributed by atoms with Crippen molar-refractivity contribution in [3.8, 4) is 0 Å². The van der Waals surface area contributed by atoms with E-state index in [0.29, 0.717) is 4.90 Å². The average molecular weight is 289 g/mol. The van der Waals surface area contributed by atoms with Gasteiger partial charge in [0.1, 0.15) is 13.1 Å². The standard InChI is InChI=1S/C13H14F3NO3/c14-13(15,16)9-17(8-12(19)20)11(18)7-6-10-4-2-1-3-5-10/h1-5H,6-9H2,(H,19,20). The second-order valence-electron chi connectivity index (χ2n) is 4.24. The molecule has 0 bridgehead atoms. The Hall–Kier alpha value is -2.05. The number of rotatable bonds is 6. The summed E-state index contributed by atoms with van der Waals surface area (Å²) in [6.07, 6.45) is -4.50. The molecule has 0 atom stereocenters. The number of hydrogen-bond acceptors (Lipinski definition) is 2. The van der Waals surface area contributed by atoms with E-state index in [-0.39, 0.29) is 12.8 Å². The second kappa shape index (κ2) is 6.93. The van der Waals surface area contributed by atoms with E-state index in [1.807, 2.05) is 0 Å². The van der Waals surface area contributed by atoms with Crippen LogP contribution in [0.25, 0.3) is 0 Å². The highest BCUT2D eigenvalue weighted by Crippen LogP contribution is 2.17. The van der Waals surface area contributed by atoms with Crippen LogP contribution in [0, 0.1) is 0 Å². The zero-order valence-electron chi connectivity index (χ0n) is 10.6. The molecule has 0 saturated carbocycles. The van der Waals surface area contributed by atoms with Crippen molar-refractivity contribution in [1.29, 1.82) is 0 Å². The molecule has 0 aromatic heterocycles. The lowest BCUT2D eigenvalue weighted by atomic mass is 10.1. The number of hydrogen-bond donors (Lipinski definition) is 1. The summed E-state index contributed by atoms with van der Waals surface area (Å²) in [5, 5.41) is 8.55. The lowest BCUT2D eigenvalue weighted by Gasteiger charge is -2.22. The Bertz CT molecular complexity index is 460. The van der Waals surface area contributed by atoms with Crippen molar-refractivity contribution < 1.29 is 27.9 Å². The smallest absolute Gasteiger partial charge is 0.406 e. The van der Waals surface area contributed by atoms with Crippen LogP contribution in [0.5, 0.6) is 0 Å². The Kier molecular flexibility index (Phi) is 5.54. The largest absolute Gasteiger partial charge is 0.480 e. The first-order valence-electron chi connectivity index (χ1n) is 5.88. The van der Waals surface area contributed by atoms with E-state index in [1.54, 1.807) is 30.3 Å². The summed E-state index contributed by atoms with van der Waals surface area (Å²) in [4.78, 5) is 22.5. The van der Waals surface area contributed by atoms with Gasteiger partial charge in [0.2, 0.25) is 5.91 Å². The molecule has 1 rings (SSSR count). The van der Waals surface area contributed by atoms with Gasteiger partial charge in [0, 0.05) is 6.42 Å². The second-order valence-corrected chi connectivity index (χ2v) is 4.24. The first-order valence-corrected chi connectivity index (χ1v) is 5.88. The Morgan fingerprint density at radius 3 is 2.25 bits per heavy atom. The molecule has 0 aliphatic rings. The van der Waals surface area contributed by atoms with Crippen molar-refractivity contribution in [2.75, 3.05) is 13.1 Å². The van der Waals surface area contributed by atoms with Gasteiger partial charge in [-0.15, -0.1) is 0 Å². The molecule has 0 saturated heterocycles. The van der Waals surface area contributed by atoms with E-state index >= 15 is 0 Å². The number of aryl methyl sites for hydroxylation is 1. The Morgan fingerprint density at radius 1 is 1.15 bits per heavy atom. The van der Waals surface area contributed by atoms with Gasteiger partial charge < -0.3 is 10.0 Å². The summed E-state index contributed by atoms with van der Waals surface area (Å²) in [7, 11) is 0. The molecule has 110 valence electrons. The zero-order chi connectivity index (χ0) is 15.2. The van der Waals surface area contributed by atoms with E-state index in [9.17, 15) is 22.8 Å². The molecule has 0 spiro atoms. The summed E-state index contributed by atoms with van der Waals surface area (Å²) >= 11 is 0. The molecule has 0 unspecified atom stereocenters. The molecule has 0 heterocycles. The van der Waals surface area contributed by atoms with Gasteiger partial charge in [0.05, 0.1) is 0 Å². The van der Waals surface area contributed by atoms with Gasteiger partial charge in [-0.3, -0.25) is 9.59 Å². The highest BCUT2D eigenvalue weighted by Gasteiger charge is 2.33. The van der Waals surface area contributed by atoms with Crippen LogP contribution in [-0.4, -0.2) is 41.1 Å². The van der Waals surface area contributed by atoms with E-state index < -0.39 is 31.1 Å². The van der Waals surface area contributed by atoms with Crippen molar-refractivity contribution in [2.45, 2.75) is 19.0 Å². The fourth-order valence-corrected chi connectivity index (χ4v) is 1.67. The molecule has 1 amide bonds. The van der Waals surface area contributed by atoms with Gasteiger partial charge in [0.25, 0.3) is 0 Å². The van der Waals surface area contributed by atoms with Crippen molar-refractivity contribution in [2.24, 2.45) is 0 Å². The van der Waals surface area contributed by atoms with E-state index in [0.717, 1.165) is 5.56 Å². The predicted octanol–water partition coefficient (Wildman–Crippen LogP) is 2.09. The number of carboxylic acid groups (broad SMARTS) is 1. The maximum Gasteiger partial charge on any atom is 0.406 e. The van der Waals surface area contributed by atoms with Crippen LogP contribution >= 0.6 is 0 Å². The van der Waals surface area contributed by atoms with E-state index in [1.165, 1.54) is 0 Å². The summed E-state index contributed by atoms with van der Waals surface area (Å²) in [6, 6.07) is 8.79. The quantitative estimate of drug-likeness (QED) is 0.872. The molecule has 0 radical (unpaired) electrons. The van der Waals surface area contributed by atoms with Gasteiger partial charge >= 0.3 is 12.1 Å². The van der Waals surface area contributed by atoms with Gasteiger partial charge in [-0.05, 0) is 12.0 Å². The Labute approximate surface area is 113 Å². The minimum Gasteiger partial charge on any atom is -0.480 e. The van der Waals surface area contributed by atoms with Crippen LogP contribution in [0.1, 0.15) is 12.0 Å². The van der Waals surface area contributed by atoms with Crippen molar-refractivity contribution in [3.05, 3.63) is 35.9 Å². The molecule has 1 N–H and O–H groups in total. The average Bonchev–Trinajstić information content (AvgIpc) is 2.34. The summed E-state index contributed by atoms with van der Waals surface area (Å²) in [5.74, 6) is -2.30. The first-order chi connectivity index (χ1) is 9.28. The third-order valence-electron chi connectivity index (χ3n) is 2.52. The minimum absolute atomic E-state index is 0.159. The Balaban J connectivity index is 2.61. The Morgan fingerprint density at radius 2 is 1.75 bits per heavy atom. The number of carbonyl (C=O) groups excluding carboxylic acids is 1. The molecule has 1 aromatic rings. The maximum atomic E-state index is 12.3. The highest BCUT2D eigenvalue weighted by atomic mass is 19.4. The topological polar surface area (TPSA) is 57.6 Å². The first kappa shape index (κ1) is 16.0. The van der Waals surface area contributed by atoms with Crippen LogP contribution in [-0.2, 0) is 16.0 Å². The minimum atomic E-state index is -4.61. The van der Waals surface area contributed by atoms with E-state index in [4.69, 9.17) is 5.11 Å². The molecule has 1 aromatic carbocycles. The molecule has 0 fully saturated rings. The molecule has 7 heteroatoms. The number of aliphatic carboxylic acids is 1. The van der Waals surface area contributed by atoms with Gasteiger partial charge in [-0.2, -0.15) is 13.2 Å². The van der Waals surface area contributed by atoms with Gasteiger partial charge in [-0.25, -0.2) is 0 Å². The number of amides is 1. The predicted molar refractivity (Wildman–Crippen MR) is 65.0 cm³/mol. The van der Waals surface area contributed by atoms with Crippen molar-refractivity contribution >= 4 is 11.9 Å². The van der Waals surface area contributed by atoms with Gasteiger partial charge in [-0.1, -0.05) is 30.3 Å². The molecular formula is C13H14F3NO3. The third-order valence-corrected chi connectivity index (χ3v) is 2.52. The number of nitrogens with zero attached hydrogens (tertiary/aromatic N) is 1. The molecular weight excluding hydrogens is 275 g/mol. The van der Waals surface area contributed by atoms with Crippen LogP contribution in [0.4, 0.5) is 13.2 Å². The number of benzene rings is 1. The maximum absolute atomic E-state index is 12.3. The number of alkyl halides is 3. The third kappa shape index (κ3) is 6.21. The molecule has 0 aliphatic carbocycles. The highest BCUT2D eigenvalue weighted by molar-refractivity contribution is 5.81. The van der Waals surface area contributed by atoms with E-state index in [2.05, 4.69) is 0 Å². The van der Waals surface area contributed by atoms with Crippen LogP contribution in [0.3, 0.4) is 0 Å². The van der Waals surface area contributed by atoms with Crippen LogP contribution < -0.4 is 0 Å². The van der Waals surface area contributed by atoms with Crippen molar-refractivity contribution in [1.82, 2.24) is 4.90 Å². The number of halogens is 3. The van der Waals surface area contributed by atoms with Crippen molar-refractivity contribution in [3.63, 3.8) is 0 Å².